The molecule has 0 aliphatic rings. The second kappa shape index (κ2) is 8.31. The first-order chi connectivity index (χ1) is 13.9. The summed E-state index contributed by atoms with van der Waals surface area (Å²) in [6.45, 7) is 7.60. The fourth-order valence-corrected chi connectivity index (χ4v) is 3.59. The van der Waals surface area contributed by atoms with E-state index in [9.17, 15) is 14.4 Å². The van der Waals surface area contributed by atoms with Crippen molar-refractivity contribution in [2.75, 3.05) is 6.61 Å². The van der Waals surface area contributed by atoms with Gasteiger partial charge in [0, 0.05) is 23.9 Å². The molecule has 0 fully saturated rings. The number of fused-ring (bicyclic) bond motifs is 1. The van der Waals surface area contributed by atoms with Crippen LogP contribution in [0.3, 0.4) is 0 Å². The third-order valence-electron chi connectivity index (χ3n) is 5.02. The lowest BCUT2D eigenvalue weighted by molar-refractivity contribution is 0.0515. The van der Waals surface area contributed by atoms with Gasteiger partial charge in [-0.1, -0.05) is 49.9 Å². The van der Waals surface area contributed by atoms with E-state index in [0.29, 0.717) is 28.5 Å². The van der Waals surface area contributed by atoms with Gasteiger partial charge in [-0.25, -0.2) is 4.79 Å². The van der Waals surface area contributed by atoms with E-state index in [4.69, 9.17) is 4.74 Å². The number of rotatable bonds is 7. The first-order valence-electron chi connectivity index (χ1n) is 9.57. The Bertz CT molecular complexity index is 1150. The number of benzene rings is 1. The maximum absolute atomic E-state index is 13.4. The molecule has 3 rings (SSSR count). The SMILES string of the molecule is C=Cc1c(C(=O)OCC)n(C)c2cc(CC)n(CC(=O)c3ccccc3)c(=O)c12. The molecule has 3 aromatic rings. The third-order valence-corrected chi connectivity index (χ3v) is 5.02. The molecule has 0 bridgehead atoms. The van der Waals surface area contributed by atoms with Crippen LogP contribution in [0, 0.1) is 0 Å². The van der Waals surface area contributed by atoms with Crippen molar-refractivity contribution in [2.45, 2.75) is 26.8 Å². The Hall–Kier alpha value is -3.41. The van der Waals surface area contributed by atoms with Gasteiger partial charge >= 0.3 is 5.97 Å². The van der Waals surface area contributed by atoms with Crippen LogP contribution in [-0.4, -0.2) is 27.5 Å². The standard InChI is InChI=1S/C23H24N2O4/c1-5-16-13-18-20(17(6-2)21(24(18)4)23(28)29-7-3)22(27)25(16)14-19(26)15-11-9-8-10-12-15/h6,8-13H,2,5,7,14H2,1,3-4H3. The Morgan fingerprint density at radius 2 is 1.86 bits per heavy atom. The summed E-state index contributed by atoms with van der Waals surface area (Å²) in [5, 5.41) is 0.364. The highest BCUT2D eigenvalue weighted by Crippen LogP contribution is 2.26. The van der Waals surface area contributed by atoms with Crippen molar-refractivity contribution in [3.8, 4) is 0 Å². The first kappa shape index (κ1) is 20.3. The Morgan fingerprint density at radius 1 is 1.17 bits per heavy atom. The van der Waals surface area contributed by atoms with E-state index < -0.39 is 5.97 Å². The van der Waals surface area contributed by atoms with Crippen LogP contribution >= 0.6 is 0 Å². The van der Waals surface area contributed by atoms with Crippen molar-refractivity contribution in [3.05, 3.63) is 75.8 Å². The molecular weight excluding hydrogens is 368 g/mol. The van der Waals surface area contributed by atoms with Gasteiger partial charge in [-0.3, -0.25) is 9.59 Å². The number of ether oxygens (including phenoxy) is 1. The summed E-state index contributed by atoms with van der Waals surface area (Å²) >= 11 is 0. The number of pyridine rings is 1. The number of Topliss-reactive ketones (excluding diaryl/α,β-unsaturated/α-hetero) is 1. The highest BCUT2D eigenvalue weighted by Gasteiger charge is 2.24. The van der Waals surface area contributed by atoms with Crippen molar-refractivity contribution in [1.29, 1.82) is 0 Å². The van der Waals surface area contributed by atoms with Crippen LogP contribution in [-0.2, 0) is 24.8 Å². The van der Waals surface area contributed by atoms with Gasteiger partial charge in [0.2, 0.25) is 0 Å². The number of hydrogen-bond donors (Lipinski definition) is 0. The summed E-state index contributed by atoms with van der Waals surface area (Å²) in [5.74, 6) is -0.658. The van der Waals surface area contributed by atoms with Gasteiger partial charge in [-0.05, 0) is 19.4 Å². The Kier molecular flexibility index (Phi) is 5.82. The maximum atomic E-state index is 13.4. The van der Waals surface area contributed by atoms with Crippen LogP contribution in [0.15, 0.2) is 47.8 Å². The number of nitrogens with zero attached hydrogens (tertiary/aromatic N) is 2. The fraction of sp³-hybridized carbons (Fsp3) is 0.261. The van der Waals surface area contributed by atoms with E-state index in [0.717, 1.165) is 5.69 Å². The van der Waals surface area contributed by atoms with Gasteiger partial charge in [0.1, 0.15) is 5.69 Å². The number of carbonyl (C=O) groups excluding carboxylic acids is 2. The topological polar surface area (TPSA) is 70.3 Å². The molecule has 0 saturated carbocycles. The lowest BCUT2D eigenvalue weighted by atomic mass is 10.1. The molecule has 0 aliphatic heterocycles. The van der Waals surface area contributed by atoms with Crippen molar-refractivity contribution in [1.82, 2.24) is 9.13 Å². The summed E-state index contributed by atoms with van der Waals surface area (Å²) < 4.78 is 8.31. The zero-order valence-corrected chi connectivity index (χ0v) is 16.9. The molecule has 0 atom stereocenters. The summed E-state index contributed by atoms with van der Waals surface area (Å²) in [4.78, 5) is 38.6. The number of esters is 1. The van der Waals surface area contributed by atoms with Crippen LogP contribution in [0.25, 0.3) is 17.0 Å². The minimum absolute atomic E-state index is 0.0673. The van der Waals surface area contributed by atoms with E-state index in [1.165, 1.54) is 10.6 Å². The second-order valence-electron chi connectivity index (χ2n) is 6.68. The molecule has 150 valence electrons. The number of ketones is 1. The highest BCUT2D eigenvalue weighted by atomic mass is 16.5. The molecule has 29 heavy (non-hydrogen) atoms. The number of carbonyl (C=O) groups is 2. The molecule has 0 unspecified atom stereocenters. The summed E-state index contributed by atoms with van der Waals surface area (Å²) in [6.07, 6.45) is 2.06. The third kappa shape index (κ3) is 3.53. The van der Waals surface area contributed by atoms with Crippen molar-refractivity contribution >= 4 is 28.7 Å². The normalized spacial score (nSPS) is 10.9. The number of hydrogen-bond acceptors (Lipinski definition) is 4. The van der Waals surface area contributed by atoms with E-state index in [-0.39, 0.29) is 30.2 Å². The molecule has 2 heterocycles. The van der Waals surface area contributed by atoms with Gasteiger partial charge in [0.05, 0.1) is 24.1 Å². The molecule has 0 aliphatic carbocycles. The lowest BCUT2D eigenvalue weighted by Crippen LogP contribution is -2.27. The molecule has 2 aromatic heterocycles. The fourth-order valence-electron chi connectivity index (χ4n) is 3.59. The Morgan fingerprint density at radius 3 is 2.45 bits per heavy atom. The number of aromatic nitrogens is 2. The van der Waals surface area contributed by atoms with E-state index >= 15 is 0 Å². The molecule has 0 saturated heterocycles. The van der Waals surface area contributed by atoms with Crippen LogP contribution in [0.4, 0.5) is 0 Å². The zero-order chi connectivity index (χ0) is 21.1. The van der Waals surface area contributed by atoms with Crippen molar-refractivity contribution in [2.24, 2.45) is 7.05 Å². The van der Waals surface area contributed by atoms with Crippen molar-refractivity contribution < 1.29 is 14.3 Å². The number of aryl methyl sites for hydroxylation is 2. The minimum Gasteiger partial charge on any atom is -0.461 e. The van der Waals surface area contributed by atoms with Gasteiger partial charge in [0.15, 0.2) is 5.78 Å². The van der Waals surface area contributed by atoms with Crippen LogP contribution in [0.5, 0.6) is 0 Å². The quantitative estimate of drug-likeness (QED) is 0.455. The lowest BCUT2D eigenvalue weighted by Gasteiger charge is -2.12. The monoisotopic (exact) mass is 392 g/mol. The molecule has 6 nitrogen and oxygen atoms in total. The van der Waals surface area contributed by atoms with E-state index in [2.05, 4.69) is 6.58 Å². The molecule has 0 amide bonds. The summed E-state index contributed by atoms with van der Waals surface area (Å²) in [5.41, 5.74) is 2.28. The maximum Gasteiger partial charge on any atom is 0.355 e. The van der Waals surface area contributed by atoms with Crippen LogP contribution in [0.2, 0.25) is 0 Å². The van der Waals surface area contributed by atoms with E-state index in [1.807, 2.05) is 19.1 Å². The predicted octanol–water partition coefficient (Wildman–Crippen LogP) is 3.61. The Labute approximate surface area is 169 Å². The largest absolute Gasteiger partial charge is 0.461 e. The van der Waals surface area contributed by atoms with Crippen LogP contribution < -0.4 is 5.56 Å². The molecule has 0 spiro atoms. The molecule has 1 aromatic carbocycles. The minimum atomic E-state index is -0.509. The molecular formula is C23H24N2O4. The molecule has 0 radical (unpaired) electrons. The van der Waals surface area contributed by atoms with Gasteiger partial charge in [0.25, 0.3) is 5.56 Å². The zero-order valence-electron chi connectivity index (χ0n) is 16.9. The first-order valence-corrected chi connectivity index (χ1v) is 9.57. The average molecular weight is 392 g/mol. The van der Waals surface area contributed by atoms with E-state index in [1.54, 1.807) is 42.8 Å². The summed E-state index contributed by atoms with van der Waals surface area (Å²) in [6, 6.07) is 10.7. The summed E-state index contributed by atoms with van der Waals surface area (Å²) in [7, 11) is 1.72. The van der Waals surface area contributed by atoms with Gasteiger partial charge < -0.3 is 13.9 Å². The van der Waals surface area contributed by atoms with Crippen molar-refractivity contribution in [3.63, 3.8) is 0 Å². The smallest absolute Gasteiger partial charge is 0.355 e. The average Bonchev–Trinajstić information content (AvgIpc) is 3.02. The second-order valence-corrected chi connectivity index (χ2v) is 6.68. The Balaban J connectivity index is 2.23. The van der Waals surface area contributed by atoms with Gasteiger partial charge in [-0.2, -0.15) is 0 Å². The highest BCUT2D eigenvalue weighted by molar-refractivity contribution is 6.03. The predicted molar refractivity (Wildman–Crippen MR) is 113 cm³/mol. The van der Waals surface area contributed by atoms with Gasteiger partial charge in [-0.15, -0.1) is 0 Å². The molecule has 0 N–H and O–H groups in total. The molecule has 6 heteroatoms. The van der Waals surface area contributed by atoms with Crippen LogP contribution in [0.1, 0.15) is 46.0 Å².